The number of rotatable bonds is 5. The summed E-state index contributed by atoms with van der Waals surface area (Å²) in [6, 6.07) is 12.8. The molecule has 3 aromatic rings. The van der Waals surface area contributed by atoms with Gasteiger partial charge in [-0.1, -0.05) is 24.1 Å². The number of pyridine rings is 1. The third-order valence-electron chi connectivity index (χ3n) is 5.96. The van der Waals surface area contributed by atoms with E-state index >= 15 is 0 Å². The lowest BCUT2D eigenvalue weighted by Crippen LogP contribution is -2.35. The first-order valence-corrected chi connectivity index (χ1v) is 11.6. The van der Waals surface area contributed by atoms with Crippen molar-refractivity contribution >= 4 is 17.6 Å². The van der Waals surface area contributed by atoms with Gasteiger partial charge in [0.1, 0.15) is 28.6 Å². The minimum atomic E-state index is -0.670. The molecule has 2 aromatic heterocycles. The number of amides is 2. The van der Waals surface area contributed by atoms with Gasteiger partial charge in [0.2, 0.25) is 0 Å². The molecule has 1 fully saturated rings. The SMILES string of the molecule is CC#CC(=O)N1CCCC[C@H](n2nc(-c3ccc(Oc4ccccc4)cn3)c(C(N)=O)c2N)CC1. The van der Waals surface area contributed by atoms with Gasteiger partial charge in [-0.15, -0.1) is 0 Å². The lowest BCUT2D eigenvalue weighted by Gasteiger charge is -2.27. The molecular formula is C26H28N6O3. The first-order valence-electron chi connectivity index (χ1n) is 11.6. The standard InChI is InChI=1S/C26H28N6O3/c1-2-8-22(33)31-15-7-6-9-18(14-16-31)32-25(27)23(26(28)34)24(30-32)21-13-12-20(17-29-21)35-19-10-4-3-5-11-19/h3-5,10-13,17-18H,6-7,9,14-16,27H2,1H3,(H2,28,34)/t18-/m0/s1. The smallest absolute Gasteiger partial charge is 0.298 e. The van der Waals surface area contributed by atoms with Crippen LogP contribution in [0.25, 0.3) is 11.4 Å². The van der Waals surface area contributed by atoms with Gasteiger partial charge in [0, 0.05) is 13.1 Å². The minimum Gasteiger partial charge on any atom is -0.456 e. The van der Waals surface area contributed by atoms with E-state index in [-0.39, 0.29) is 23.3 Å². The molecule has 35 heavy (non-hydrogen) atoms. The second-order valence-electron chi connectivity index (χ2n) is 8.32. The summed E-state index contributed by atoms with van der Waals surface area (Å²) in [4.78, 5) is 30.8. The molecule has 0 saturated carbocycles. The highest BCUT2D eigenvalue weighted by atomic mass is 16.5. The zero-order valence-corrected chi connectivity index (χ0v) is 19.6. The Labute approximate surface area is 204 Å². The third-order valence-corrected chi connectivity index (χ3v) is 5.96. The van der Waals surface area contributed by atoms with Crippen LogP contribution in [0.4, 0.5) is 5.82 Å². The Hall–Kier alpha value is -4.32. The molecule has 1 atom stereocenters. The molecule has 0 aliphatic carbocycles. The number of primary amides is 1. The van der Waals surface area contributed by atoms with Crippen LogP contribution in [0.2, 0.25) is 0 Å². The van der Waals surface area contributed by atoms with Gasteiger partial charge in [0.25, 0.3) is 11.8 Å². The van der Waals surface area contributed by atoms with Gasteiger partial charge in [0.05, 0.1) is 17.9 Å². The predicted octanol–water partition coefficient (Wildman–Crippen LogP) is 3.39. The summed E-state index contributed by atoms with van der Waals surface area (Å²) in [6.07, 6.45) is 4.77. The van der Waals surface area contributed by atoms with Crippen molar-refractivity contribution in [2.24, 2.45) is 5.73 Å². The molecule has 4 N–H and O–H groups in total. The van der Waals surface area contributed by atoms with Crippen molar-refractivity contribution < 1.29 is 14.3 Å². The van der Waals surface area contributed by atoms with Gasteiger partial charge >= 0.3 is 0 Å². The van der Waals surface area contributed by atoms with Gasteiger partial charge in [0.15, 0.2) is 0 Å². The number of ether oxygens (including phenoxy) is 1. The summed E-state index contributed by atoms with van der Waals surface area (Å²) in [5.41, 5.74) is 13.0. The van der Waals surface area contributed by atoms with E-state index in [1.807, 2.05) is 30.3 Å². The summed E-state index contributed by atoms with van der Waals surface area (Å²) >= 11 is 0. The fraction of sp³-hybridized carbons (Fsp3) is 0.308. The summed E-state index contributed by atoms with van der Waals surface area (Å²) in [6.45, 7) is 2.85. The predicted molar refractivity (Wildman–Crippen MR) is 132 cm³/mol. The number of nitrogen functional groups attached to an aromatic ring is 1. The second kappa shape index (κ2) is 10.7. The summed E-state index contributed by atoms with van der Waals surface area (Å²) in [5, 5.41) is 4.67. The molecule has 4 rings (SSSR count). The summed E-state index contributed by atoms with van der Waals surface area (Å²) < 4.78 is 7.45. The Balaban J connectivity index is 1.60. The molecule has 1 aliphatic rings. The number of carbonyl (C=O) groups is 2. The van der Waals surface area contributed by atoms with E-state index in [1.165, 1.54) is 0 Å². The first-order chi connectivity index (χ1) is 17.0. The quantitative estimate of drug-likeness (QED) is 0.548. The molecule has 0 bridgehead atoms. The largest absolute Gasteiger partial charge is 0.456 e. The van der Waals surface area contributed by atoms with Crippen molar-refractivity contribution in [3.63, 3.8) is 0 Å². The molecule has 0 unspecified atom stereocenters. The first kappa shape index (κ1) is 23.8. The summed E-state index contributed by atoms with van der Waals surface area (Å²) in [5.74, 6) is 5.87. The molecule has 1 aliphatic heterocycles. The molecule has 2 amide bonds. The zero-order valence-electron chi connectivity index (χ0n) is 19.6. The number of para-hydroxylation sites is 1. The van der Waals surface area contributed by atoms with Gasteiger partial charge in [-0.3, -0.25) is 14.6 Å². The van der Waals surface area contributed by atoms with E-state index in [0.717, 1.165) is 19.3 Å². The molecule has 180 valence electrons. The Morgan fingerprint density at radius 1 is 1.06 bits per heavy atom. The van der Waals surface area contributed by atoms with Crippen LogP contribution in [0, 0.1) is 11.8 Å². The Morgan fingerprint density at radius 2 is 1.86 bits per heavy atom. The minimum absolute atomic E-state index is 0.0901. The fourth-order valence-corrected chi connectivity index (χ4v) is 4.23. The van der Waals surface area contributed by atoms with E-state index in [2.05, 4.69) is 21.9 Å². The molecule has 1 aromatic carbocycles. The highest BCUT2D eigenvalue weighted by Gasteiger charge is 2.27. The number of hydrogen-bond donors (Lipinski definition) is 2. The van der Waals surface area contributed by atoms with Gasteiger partial charge in [-0.25, -0.2) is 4.68 Å². The topological polar surface area (TPSA) is 129 Å². The molecular weight excluding hydrogens is 444 g/mol. The fourth-order valence-electron chi connectivity index (χ4n) is 4.23. The third kappa shape index (κ3) is 5.44. The Kier molecular flexibility index (Phi) is 7.31. The number of nitrogens with zero attached hydrogens (tertiary/aromatic N) is 4. The van der Waals surface area contributed by atoms with Gasteiger partial charge in [-0.05, 0) is 62.8 Å². The monoisotopic (exact) mass is 472 g/mol. The van der Waals surface area contributed by atoms with Crippen LogP contribution >= 0.6 is 0 Å². The average molecular weight is 473 g/mol. The lowest BCUT2D eigenvalue weighted by atomic mass is 10.0. The number of carbonyl (C=O) groups excluding carboxylic acids is 2. The van der Waals surface area contributed by atoms with Crippen LogP contribution in [-0.4, -0.2) is 44.6 Å². The normalized spacial score (nSPS) is 15.9. The summed E-state index contributed by atoms with van der Waals surface area (Å²) in [7, 11) is 0. The van der Waals surface area contributed by atoms with Crippen LogP contribution in [0.1, 0.15) is 49.0 Å². The van der Waals surface area contributed by atoms with Gasteiger partial charge in [-0.2, -0.15) is 5.10 Å². The Bertz CT molecular complexity index is 1260. The lowest BCUT2D eigenvalue weighted by molar-refractivity contribution is -0.125. The van der Waals surface area contributed by atoms with Crippen LogP contribution in [-0.2, 0) is 4.79 Å². The number of benzene rings is 1. The molecule has 9 nitrogen and oxygen atoms in total. The van der Waals surface area contributed by atoms with Crippen LogP contribution in [0.3, 0.4) is 0 Å². The van der Waals surface area contributed by atoms with Crippen molar-refractivity contribution in [1.82, 2.24) is 19.7 Å². The molecule has 0 spiro atoms. The maximum absolute atomic E-state index is 12.3. The molecule has 1 saturated heterocycles. The zero-order chi connectivity index (χ0) is 24.8. The van der Waals surface area contributed by atoms with E-state index in [4.69, 9.17) is 16.2 Å². The molecule has 3 heterocycles. The van der Waals surface area contributed by atoms with E-state index in [1.54, 1.807) is 34.8 Å². The van der Waals surface area contributed by atoms with Crippen molar-refractivity contribution in [3.05, 3.63) is 54.2 Å². The number of hydrogen-bond acceptors (Lipinski definition) is 6. The highest BCUT2D eigenvalue weighted by molar-refractivity contribution is 6.03. The second-order valence-corrected chi connectivity index (χ2v) is 8.32. The van der Waals surface area contributed by atoms with Crippen molar-refractivity contribution in [2.45, 2.75) is 38.6 Å². The molecule has 9 heteroatoms. The van der Waals surface area contributed by atoms with E-state index in [9.17, 15) is 9.59 Å². The van der Waals surface area contributed by atoms with Crippen LogP contribution in [0.5, 0.6) is 11.5 Å². The number of anilines is 1. The maximum atomic E-state index is 12.3. The van der Waals surface area contributed by atoms with E-state index in [0.29, 0.717) is 42.4 Å². The number of nitrogens with two attached hydrogens (primary N) is 2. The maximum Gasteiger partial charge on any atom is 0.298 e. The van der Waals surface area contributed by atoms with Crippen molar-refractivity contribution in [1.29, 1.82) is 0 Å². The van der Waals surface area contributed by atoms with Crippen LogP contribution < -0.4 is 16.2 Å². The average Bonchev–Trinajstić information content (AvgIpc) is 3.17. The van der Waals surface area contributed by atoms with Crippen LogP contribution in [0.15, 0.2) is 48.7 Å². The highest BCUT2D eigenvalue weighted by Crippen LogP contribution is 2.32. The Morgan fingerprint density at radius 3 is 2.54 bits per heavy atom. The van der Waals surface area contributed by atoms with Gasteiger partial charge < -0.3 is 21.1 Å². The number of likely N-dealkylation sites (tertiary alicyclic amines) is 1. The van der Waals surface area contributed by atoms with E-state index < -0.39 is 5.91 Å². The van der Waals surface area contributed by atoms with Crippen molar-refractivity contribution in [3.8, 4) is 34.7 Å². The van der Waals surface area contributed by atoms with Crippen molar-refractivity contribution in [2.75, 3.05) is 18.8 Å². The number of aromatic nitrogens is 3. The molecule has 0 radical (unpaired) electrons.